The van der Waals surface area contributed by atoms with E-state index in [0.717, 1.165) is 0 Å². The first kappa shape index (κ1) is 22.2. The van der Waals surface area contributed by atoms with E-state index in [4.69, 9.17) is 28.4 Å². The van der Waals surface area contributed by atoms with Crippen LogP contribution in [0.3, 0.4) is 0 Å². The molecular formula is C16H28O12. The van der Waals surface area contributed by atoms with Crippen molar-refractivity contribution in [3.63, 3.8) is 0 Å². The highest BCUT2D eigenvalue weighted by molar-refractivity contribution is 4.91. The van der Waals surface area contributed by atoms with E-state index in [1.807, 2.05) is 0 Å². The number of hydrogen-bond donors (Lipinski definition) is 6. The van der Waals surface area contributed by atoms with Gasteiger partial charge in [0.2, 0.25) is 0 Å². The first-order valence-electron chi connectivity index (χ1n) is 9.19. The summed E-state index contributed by atoms with van der Waals surface area (Å²) < 4.78 is 33.1. The van der Waals surface area contributed by atoms with Gasteiger partial charge in [-0.1, -0.05) is 0 Å². The lowest BCUT2D eigenvalue weighted by molar-refractivity contribution is -0.335. The van der Waals surface area contributed by atoms with E-state index in [0.29, 0.717) is 0 Å². The summed E-state index contributed by atoms with van der Waals surface area (Å²) in [4.78, 5) is 0. The Bertz CT molecular complexity index is 439. The maximum absolute atomic E-state index is 10.3. The van der Waals surface area contributed by atoms with Crippen molar-refractivity contribution in [2.24, 2.45) is 0 Å². The Morgan fingerprint density at radius 2 is 0.893 bits per heavy atom. The van der Waals surface area contributed by atoms with E-state index in [9.17, 15) is 30.6 Å². The minimum atomic E-state index is -1.36. The molecule has 0 aromatic carbocycles. The summed E-state index contributed by atoms with van der Waals surface area (Å²) in [6, 6.07) is 0. The topological polar surface area (TPSA) is 177 Å². The SMILES string of the molecule is OC[C@H]1O[C@@H]2OCCO[C@H]3O[C@H](CO)[C@@H](O)[C@H](O)[C@H]3OCCO[C@@H]2[C@@H](O)[C@@H]1O. The third kappa shape index (κ3) is 4.64. The van der Waals surface area contributed by atoms with Crippen molar-refractivity contribution >= 4 is 0 Å². The van der Waals surface area contributed by atoms with Crippen molar-refractivity contribution in [3.8, 4) is 0 Å². The standard InChI is InChI=1S/C16H28O12/c17-5-7-9(19)11(21)13-15(27-7)25-3-4-26-16-14(24-2-1-23-13)12(22)10(20)8(6-18)28-16/h7-22H,1-6H2/t7-,8-,9-,10-,11+,12+,13-,14-,15+,16+/m1/s1. The molecule has 0 aliphatic carbocycles. The molecule has 3 rings (SSSR count). The highest BCUT2D eigenvalue weighted by atomic mass is 16.7. The van der Waals surface area contributed by atoms with E-state index < -0.39 is 74.6 Å². The molecular weight excluding hydrogens is 384 g/mol. The molecule has 3 aliphatic heterocycles. The zero-order valence-corrected chi connectivity index (χ0v) is 15.1. The highest BCUT2D eigenvalue weighted by Crippen LogP contribution is 2.27. The summed E-state index contributed by atoms with van der Waals surface area (Å²) >= 11 is 0. The third-order valence-corrected chi connectivity index (χ3v) is 5.00. The summed E-state index contributed by atoms with van der Waals surface area (Å²) in [6.45, 7) is -1.19. The van der Waals surface area contributed by atoms with Gasteiger partial charge in [0.1, 0.15) is 48.8 Å². The van der Waals surface area contributed by atoms with Crippen LogP contribution in [0.2, 0.25) is 0 Å². The van der Waals surface area contributed by atoms with Gasteiger partial charge in [-0.05, 0) is 0 Å². The fourth-order valence-electron chi connectivity index (χ4n) is 3.43. The zero-order chi connectivity index (χ0) is 20.3. The van der Waals surface area contributed by atoms with Crippen molar-refractivity contribution < 1.29 is 59.1 Å². The first-order valence-corrected chi connectivity index (χ1v) is 9.19. The third-order valence-electron chi connectivity index (χ3n) is 5.00. The van der Waals surface area contributed by atoms with Crippen molar-refractivity contribution in [2.75, 3.05) is 39.6 Å². The zero-order valence-electron chi connectivity index (χ0n) is 15.1. The van der Waals surface area contributed by atoms with Crippen molar-refractivity contribution in [2.45, 2.75) is 61.4 Å². The summed E-state index contributed by atoms with van der Waals surface area (Å²) in [5, 5.41) is 59.1. The molecule has 3 aliphatic rings. The van der Waals surface area contributed by atoms with E-state index in [1.54, 1.807) is 0 Å². The number of aliphatic hydroxyl groups is 6. The summed E-state index contributed by atoms with van der Waals surface area (Å²) in [6.07, 6.45) is -11.7. The van der Waals surface area contributed by atoms with Gasteiger partial charge in [0.05, 0.1) is 39.6 Å². The number of aliphatic hydroxyl groups excluding tert-OH is 6. The molecule has 164 valence electrons. The normalized spacial score (nSPS) is 48.6. The molecule has 10 atom stereocenters. The Hall–Kier alpha value is -0.480. The molecule has 0 bridgehead atoms. The molecule has 0 spiro atoms. The van der Waals surface area contributed by atoms with Gasteiger partial charge in [0.15, 0.2) is 12.6 Å². The second-order valence-corrected chi connectivity index (χ2v) is 6.83. The maximum atomic E-state index is 10.3. The van der Waals surface area contributed by atoms with Crippen molar-refractivity contribution in [3.05, 3.63) is 0 Å². The van der Waals surface area contributed by atoms with Crippen LogP contribution in [-0.2, 0) is 28.4 Å². The Morgan fingerprint density at radius 3 is 1.25 bits per heavy atom. The molecule has 12 nitrogen and oxygen atoms in total. The first-order chi connectivity index (χ1) is 13.5. The smallest absolute Gasteiger partial charge is 0.187 e. The van der Waals surface area contributed by atoms with Gasteiger partial charge >= 0.3 is 0 Å². The van der Waals surface area contributed by atoms with Crippen LogP contribution in [0.4, 0.5) is 0 Å². The van der Waals surface area contributed by atoms with E-state index in [-0.39, 0.29) is 26.4 Å². The van der Waals surface area contributed by atoms with Gasteiger partial charge < -0.3 is 59.1 Å². The fourth-order valence-corrected chi connectivity index (χ4v) is 3.43. The monoisotopic (exact) mass is 412 g/mol. The molecule has 0 unspecified atom stereocenters. The molecule has 3 fully saturated rings. The van der Waals surface area contributed by atoms with Crippen LogP contribution in [0.15, 0.2) is 0 Å². The fraction of sp³-hybridized carbons (Fsp3) is 1.00. The van der Waals surface area contributed by atoms with E-state index >= 15 is 0 Å². The van der Waals surface area contributed by atoms with Gasteiger partial charge in [-0.3, -0.25) is 0 Å². The molecule has 0 amide bonds. The lowest BCUT2D eigenvalue weighted by Crippen LogP contribution is -2.61. The van der Waals surface area contributed by atoms with Gasteiger partial charge in [-0.2, -0.15) is 0 Å². The molecule has 6 N–H and O–H groups in total. The summed E-state index contributed by atoms with van der Waals surface area (Å²) in [5.74, 6) is 0. The second kappa shape index (κ2) is 10.0. The highest BCUT2D eigenvalue weighted by Gasteiger charge is 2.47. The van der Waals surface area contributed by atoms with Crippen molar-refractivity contribution in [1.29, 1.82) is 0 Å². The van der Waals surface area contributed by atoms with Gasteiger partial charge in [-0.25, -0.2) is 0 Å². The lowest BCUT2D eigenvalue weighted by atomic mass is 9.99. The second-order valence-electron chi connectivity index (χ2n) is 6.83. The number of hydrogen-bond acceptors (Lipinski definition) is 12. The van der Waals surface area contributed by atoms with E-state index in [2.05, 4.69) is 0 Å². The van der Waals surface area contributed by atoms with Crippen LogP contribution in [0.25, 0.3) is 0 Å². The largest absolute Gasteiger partial charge is 0.394 e. The molecule has 3 heterocycles. The van der Waals surface area contributed by atoms with Crippen LogP contribution in [0.1, 0.15) is 0 Å². The Morgan fingerprint density at radius 1 is 0.536 bits per heavy atom. The summed E-state index contributed by atoms with van der Waals surface area (Å²) in [5.41, 5.74) is 0. The Labute approximate surface area is 161 Å². The quantitative estimate of drug-likeness (QED) is 0.257. The molecule has 0 radical (unpaired) electrons. The summed E-state index contributed by atoms with van der Waals surface area (Å²) in [7, 11) is 0. The number of fused-ring (bicyclic) bond motifs is 2. The number of ether oxygens (including phenoxy) is 6. The minimum Gasteiger partial charge on any atom is -0.394 e. The molecule has 0 aromatic heterocycles. The van der Waals surface area contributed by atoms with Crippen LogP contribution in [0.5, 0.6) is 0 Å². The Balaban J connectivity index is 1.66. The van der Waals surface area contributed by atoms with Gasteiger partial charge in [-0.15, -0.1) is 0 Å². The van der Waals surface area contributed by atoms with Crippen molar-refractivity contribution in [1.82, 2.24) is 0 Å². The Kier molecular flexibility index (Phi) is 7.95. The van der Waals surface area contributed by atoms with Gasteiger partial charge in [0.25, 0.3) is 0 Å². The van der Waals surface area contributed by atoms with Gasteiger partial charge in [0, 0.05) is 0 Å². The predicted octanol–water partition coefficient (Wildman–Crippen LogP) is -4.32. The number of rotatable bonds is 2. The van der Waals surface area contributed by atoms with Crippen LogP contribution in [-0.4, -0.2) is 132 Å². The average Bonchev–Trinajstić information content (AvgIpc) is 2.69. The van der Waals surface area contributed by atoms with Crippen LogP contribution < -0.4 is 0 Å². The molecule has 12 heteroatoms. The molecule has 28 heavy (non-hydrogen) atoms. The van der Waals surface area contributed by atoms with E-state index in [1.165, 1.54) is 0 Å². The lowest BCUT2D eigenvalue weighted by Gasteiger charge is -2.43. The molecule has 0 aromatic rings. The minimum absolute atomic E-state index is 0.0273. The molecule has 0 saturated carbocycles. The molecule has 3 saturated heterocycles. The predicted molar refractivity (Wildman–Crippen MR) is 86.9 cm³/mol. The average molecular weight is 412 g/mol. The van der Waals surface area contributed by atoms with Crippen LogP contribution in [0, 0.1) is 0 Å². The maximum Gasteiger partial charge on any atom is 0.187 e. The van der Waals surface area contributed by atoms with Crippen LogP contribution >= 0.6 is 0 Å².